The van der Waals surface area contributed by atoms with Gasteiger partial charge in [-0.3, -0.25) is 19.2 Å². The lowest BCUT2D eigenvalue weighted by Crippen LogP contribution is -2.40. The van der Waals surface area contributed by atoms with E-state index in [4.69, 9.17) is 0 Å². The molecule has 0 unspecified atom stereocenters. The average molecular weight is 467 g/mol. The zero-order valence-corrected chi connectivity index (χ0v) is 18.8. The molecule has 0 atom stereocenters. The molecule has 0 spiro atoms. The van der Waals surface area contributed by atoms with Crippen LogP contribution in [0.1, 0.15) is 16.7 Å². The number of hydrazone groups is 1. The van der Waals surface area contributed by atoms with E-state index in [0.29, 0.717) is 11.3 Å². The molecular weight excluding hydrogens is 444 g/mol. The Balaban J connectivity index is 1.87. The van der Waals surface area contributed by atoms with E-state index in [2.05, 4.69) is 10.5 Å². The number of anilines is 1. The highest BCUT2D eigenvalue weighted by atomic mass is 32.2. The fraction of sp³-hybridized carbons (Fsp3) is 0.130. The van der Waals surface area contributed by atoms with Crippen LogP contribution in [0, 0.1) is 24.0 Å². The molecule has 33 heavy (non-hydrogen) atoms. The quantitative estimate of drug-likeness (QED) is 0.309. The van der Waals surface area contributed by atoms with Gasteiger partial charge in [-0.25, -0.2) is 13.8 Å². The molecule has 0 aliphatic rings. The smallest absolute Gasteiger partial charge is 0.271 e. The predicted molar refractivity (Wildman–Crippen MR) is 126 cm³/mol. The highest BCUT2D eigenvalue weighted by molar-refractivity contribution is 7.92. The largest absolute Gasteiger partial charge is 0.278 e. The lowest BCUT2D eigenvalue weighted by Gasteiger charge is -2.25. The maximum Gasteiger partial charge on any atom is 0.278 e. The van der Waals surface area contributed by atoms with Gasteiger partial charge in [-0.05, 0) is 43.7 Å². The SMILES string of the molecule is Cc1ccc(S(=O)(=O)N(CC(=O)N/N=C/c2ccccc2[N+](=O)[O-])c2ccccc2C)cc1. The second kappa shape index (κ2) is 10.0. The van der Waals surface area contributed by atoms with E-state index >= 15 is 0 Å². The first-order valence-corrected chi connectivity index (χ1v) is 11.3. The standard InChI is InChI=1S/C23H22N4O5S/c1-17-11-13-20(14-12-17)33(31,32)26(21-9-5-3-7-18(21)2)16-23(28)25-24-15-19-8-4-6-10-22(19)27(29)30/h3-15H,16H2,1-2H3,(H,25,28)/b24-15+. The van der Waals surface area contributed by atoms with Gasteiger partial charge in [0.25, 0.3) is 21.6 Å². The van der Waals surface area contributed by atoms with Crippen molar-refractivity contribution < 1.29 is 18.1 Å². The Morgan fingerprint density at radius 3 is 2.33 bits per heavy atom. The van der Waals surface area contributed by atoms with Crippen LogP contribution in [0.4, 0.5) is 11.4 Å². The molecule has 0 heterocycles. The van der Waals surface area contributed by atoms with Crippen molar-refractivity contribution in [3.63, 3.8) is 0 Å². The first-order valence-electron chi connectivity index (χ1n) is 9.90. The van der Waals surface area contributed by atoms with Crippen LogP contribution in [-0.2, 0) is 14.8 Å². The molecule has 10 heteroatoms. The molecule has 0 bridgehead atoms. The third-order valence-corrected chi connectivity index (χ3v) is 6.58. The Hall–Kier alpha value is -4.05. The number of sulfonamides is 1. The molecule has 9 nitrogen and oxygen atoms in total. The summed E-state index contributed by atoms with van der Waals surface area (Å²) in [5.74, 6) is -0.705. The summed E-state index contributed by atoms with van der Waals surface area (Å²) in [6.07, 6.45) is 1.14. The summed E-state index contributed by atoms with van der Waals surface area (Å²) in [5.41, 5.74) is 4.21. The minimum absolute atomic E-state index is 0.0487. The molecular formula is C23H22N4O5S. The van der Waals surface area contributed by atoms with Crippen molar-refractivity contribution in [3.8, 4) is 0 Å². The summed E-state index contributed by atoms with van der Waals surface area (Å²) in [5, 5.41) is 14.9. The fourth-order valence-corrected chi connectivity index (χ4v) is 4.57. The number of aryl methyl sites for hydroxylation is 2. The minimum atomic E-state index is -4.05. The first kappa shape index (κ1) is 23.6. The van der Waals surface area contributed by atoms with Gasteiger partial charge in [0, 0.05) is 6.07 Å². The topological polar surface area (TPSA) is 122 Å². The first-order chi connectivity index (χ1) is 15.7. The van der Waals surface area contributed by atoms with Gasteiger partial charge in [0.05, 0.1) is 27.3 Å². The lowest BCUT2D eigenvalue weighted by atomic mass is 10.2. The van der Waals surface area contributed by atoms with Crippen molar-refractivity contribution in [2.75, 3.05) is 10.8 Å². The molecule has 3 rings (SSSR count). The molecule has 0 saturated heterocycles. The van der Waals surface area contributed by atoms with E-state index in [1.54, 1.807) is 49.4 Å². The summed E-state index contributed by atoms with van der Waals surface area (Å²) >= 11 is 0. The van der Waals surface area contributed by atoms with Gasteiger partial charge in [0.15, 0.2) is 0 Å². The number of amides is 1. The van der Waals surface area contributed by atoms with E-state index in [0.717, 1.165) is 16.1 Å². The normalized spacial score (nSPS) is 11.3. The summed E-state index contributed by atoms with van der Waals surface area (Å²) in [6.45, 7) is 3.06. The third-order valence-electron chi connectivity index (χ3n) is 4.81. The van der Waals surface area contributed by atoms with Crippen LogP contribution in [0.5, 0.6) is 0 Å². The number of carbonyl (C=O) groups excluding carboxylic acids is 1. The highest BCUT2D eigenvalue weighted by Crippen LogP contribution is 2.26. The van der Waals surface area contributed by atoms with Crippen LogP contribution in [0.3, 0.4) is 0 Å². The number of hydrogen-bond donors (Lipinski definition) is 1. The fourth-order valence-electron chi connectivity index (χ4n) is 3.08. The lowest BCUT2D eigenvalue weighted by molar-refractivity contribution is -0.385. The Labute approximate surface area is 191 Å². The summed E-state index contributed by atoms with van der Waals surface area (Å²) in [4.78, 5) is 23.2. The van der Waals surface area contributed by atoms with Gasteiger partial charge in [0.2, 0.25) is 0 Å². The van der Waals surface area contributed by atoms with E-state index in [9.17, 15) is 23.3 Å². The summed E-state index contributed by atoms with van der Waals surface area (Å²) in [6, 6.07) is 19.1. The molecule has 0 saturated carbocycles. The Bertz CT molecular complexity index is 1300. The summed E-state index contributed by atoms with van der Waals surface area (Å²) < 4.78 is 27.8. The van der Waals surface area contributed by atoms with Gasteiger partial charge < -0.3 is 0 Å². The zero-order chi connectivity index (χ0) is 24.0. The van der Waals surface area contributed by atoms with E-state index in [1.165, 1.54) is 30.3 Å². The number of nitro groups is 1. The Morgan fingerprint density at radius 1 is 1.03 bits per heavy atom. The molecule has 170 valence electrons. The molecule has 0 aliphatic heterocycles. The predicted octanol–water partition coefficient (Wildman–Crippen LogP) is 3.56. The van der Waals surface area contributed by atoms with Gasteiger partial charge in [-0.1, -0.05) is 48.0 Å². The van der Waals surface area contributed by atoms with Crippen LogP contribution in [0.15, 0.2) is 82.8 Å². The van der Waals surface area contributed by atoms with Crippen molar-refractivity contribution in [2.45, 2.75) is 18.7 Å². The van der Waals surface area contributed by atoms with Gasteiger partial charge in [-0.2, -0.15) is 5.10 Å². The second-order valence-corrected chi connectivity index (χ2v) is 9.08. The second-order valence-electron chi connectivity index (χ2n) is 7.22. The molecule has 0 aromatic heterocycles. The summed E-state index contributed by atoms with van der Waals surface area (Å²) in [7, 11) is -4.05. The maximum absolute atomic E-state index is 13.4. The van der Waals surface area contributed by atoms with Gasteiger partial charge in [0.1, 0.15) is 6.54 Å². The number of nitrogens with one attached hydrogen (secondary N) is 1. The van der Waals surface area contributed by atoms with Crippen molar-refractivity contribution in [3.05, 3.63) is 99.6 Å². The monoisotopic (exact) mass is 466 g/mol. The number of hydrogen-bond acceptors (Lipinski definition) is 6. The number of benzene rings is 3. The zero-order valence-electron chi connectivity index (χ0n) is 18.0. The Morgan fingerprint density at radius 2 is 1.67 bits per heavy atom. The van der Waals surface area contributed by atoms with Gasteiger partial charge >= 0.3 is 0 Å². The third kappa shape index (κ3) is 5.60. The van der Waals surface area contributed by atoms with Crippen molar-refractivity contribution in [1.29, 1.82) is 0 Å². The van der Waals surface area contributed by atoms with Gasteiger partial charge in [-0.15, -0.1) is 0 Å². The number of nitrogens with zero attached hydrogens (tertiary/aromatic N) is 3. The minimum Gasteiger partial charge on any atom is -0.271 e. The van der Waals surface area contributed by atoms with Crippen molar-refractivity contribution >= 4 is 33.5 Å². The van der Waals surface area contributed by atoms with Crippen molar-refractivity contribution in [2.24, 2.45) is 5.10 Å². The number of rotatable bonds is 8. The van der Waals surface area contributed by atoms with Crippen LogP contribution < -0.4 is 9.73 Å². The van der Waals surface area contributed by atoms with Crippen LogP contribution in [0.2, 0.25) is 0 Å². The molecule has 3 aromatic rings. The molecule has 1 amide bonds. The van der Waals surface area contributed by atoms with Crippen LogP contribution in [-0.4, -0.2) is 32.0 Å². The van der Waals surface area contributed by atoms with E-state index < -0.39 is 27.4 Å². The van der Waals surface area contributed by atoms with E-state index in [1.807, 2.05) is 6.92 Å². The van der Waals surface area contributed by atoms with Crippen molar-refractivity contribution in [1.82, 2.24) is 5.43 Å². The maximum atomic E-state index is 13.4. The number of para-hydroxylation sites is 2. The molecule has 0 radical (unpaired) electrons. The molecule has 3 aromatic carbocycles. The number of nitro benzene ring substituents is 1. The Kier molecular flexibility index (Phi) is 7.19. The van der Waals surface area contributed by atoms with E-state index in [-0.39, 0.29) is 16.1 Å². The molecule has 0 fully saturated rings. The average Bonchev–Trinajstić information content (AvgIpc) is 2.78. The number of carbonyl (C=O) groups is 1. The molecule has 0 aliphatic carbocycles. The van der Waals surface area contributed by atoms with Crippen LogP contribution >= 0.6 is 0 Å². The highest BCUT2D eigenvalue weighted by Gasteiger charge is 2.28. The van der Waals surface area contributed by atoms with Crippen LogP contribution in [0.25, 0.3) is 0 Å². The molecule has 1 N–H and O–H groups in total.